The monoisotopic (exact) mass is 391 g/mol. The lowest BCUT2D eigenvalue weighted by Crippen LogP contribution is -2.36. The van der Waals surface area contributed by atoms with Gasteiger partial charge in [0, 0.05) is 44.8 Å². The van der Waals surface area contributed by atoms with Crippen molar-refractivity contribution < 1.29 is 9.59 Å². The Bertz CT molecular complexity index is 1030. The predicted octanol–water partition coefficient (Wildman–Crippen LogP) is 3.28. The van der Waals surface area contributed by atoms with Crippen molar-refractivity contribution in [1.29, 1.82) is 0 Å². The second-order valence-corrected chi connectivity index (χ2v) is 7.49. The highest BCUT2D eigenvalue weighted by Crippen LogP contribution is 2.20. The molecule has 7 heteroatoms. The van der Waals surface area contributed by atoms with Crippen molar-refractivity contribution in [3.05, 3.63) is 60.2 Å². The van der Waals surface area contributed by atoms with Gasteiger partial charge in [-0.2, -0.15) is 0 Å². The average Bonchev–Trinajstić information content (AvgIpc) is 3.14. The van der Waals surface area contributed by atoms with Crippen LogP contribution in [0.2, 0.25) is 0 Å². The Labute approximate surface area is 169 Å². The van der Waals surface area contributed by atoms with E-state index >= 15 is 0 Å². The number of nitrogens with zero attached hydrogens (tertiary/aromatic N) is 4. The number of piperidine rings is 1. The summed E-state index contributed by atoms with van der Waals surface area (Å²) in [4.78, 5) is 34.2. The van der Waals surface area contributed by atoms with Crippen molar-refractivity contribution in [2.75, 3.05) is 37.4 Å². The zero-order chi connectivity index (χ0) is 20.4. The smallest absolute Gasteiger partial charge is 0.292 e. The number of carbonyl (C=O) groups is 2. The van der Waals surface area contributed by atoms with Gasteiger partial charge in [0.25, 0.3) is 11.8 Å². The Balaban J connectivity index is 1.63. The van der Waals surface area contributed by atoms with Crippen LogP contribution in [0.4, 0.5) is 11.4 Å². The number of hydrogen-bond donors (Lipinski definition) is 1. The molecule has 1 saturated heterocycles. The molecule has 29 heavy (non-hydrogen) atoms. The van der Waals surface area contributed by atoms with E-state index in [2.05, 4.69) is 10.3 Å². The van der Waals surface area contributed by atoms with E-state index in [9.17, 15) is 9.59 Å². The summed E-state index contributed by atoms with van der Waals surface area (Å²) in [7, 11) is 3.93. The minimum atomic E-state index is -0.346. The number of aromatic nitrogens is 2. The fourth-order valence-corrected chi connectivity index (χ4v) is 3.63. The third kappa shape index (κ3) is 3.81. The van der Waals surface area contributed by atoms with Gasteiger partial charge in [0.2, 0.25) is 5.82 Å². The van der Waals surface area contributed by atoms with E-state index in [1.807, 2.05) is 66.4 Å². The lowest BCUT2D eigenvalue weighted by Gasteiger charge is -2.25. The van der Waals surface area contributed by atoms with Crippen molar-refractivity contribution in [3.63, 3.8) is 0 Å². The van der Waals surface area contributed by atoms with Gasteiger partial charge < -0.3 is 15.1 Å². The lowest BCUT2D eigenvalue weighted by molar-refractivity contribution is 0.0721. The number of benzene rings is 1. The van der Waals surface area contributed by atoms with E-state index in [1.54, 1.807) is 10.6 Å². The van der Waals surface area contributed by atoms with Crippen molar-refractivity contribution in [2.45, 2.75) is 19.3 Å². The molecule has 4 rings (SSSR count). The lowest BCUT2D eigenvalue weighted by atomic mass is 10.1. The van der Waals surface area contributed by atoms with Gasteiger partial charge in [-0.15, -0.1) is 0 Å². The van der Waals surface area contributed by atoms with Crippen LogP contribution in [-0.4, -0.2) is 53.3 Å². The van der Waals surface area contributed by atoms with E-state index in [0.717, 1.165) is 38.0 Å². The van der Waals surface area contributed by atoms with Crippen LogP contribution in [0.25, 0.3) is 5.52 Å². The number of carbonyl (C=O) groups excluding carboxylic acids is 2. The first kappa shape index (κ1) is 19.0. The SMILES string of the molecule is CN(C)c1ccc(NC(=O)c2nc(C(=O)N3CCCCC3)c3ccccn23)cc1. The maximum atomic E-state index is 13.0. The first-order chi connectivity index (χ1) is 14.0. The van der Waals surface area contributed by atoms with Crippen molar-refractivity contribution in [2.24, 2.45) is 0 Å². The fraction of sp³-hybridized carbons (Fsp3) is 0.318. The Morgan fingerprint density at radius 3 is 2.41 bits per heavy atom. The Hall–Kier alpha value is -3.35. The Morgan fingerprint density at radius 2 is 1.72 bits per heavy atom. The quantitative estimate of drug-likeness (QED) is 0.741. The molecule has 0 bridgehead atoms. The number of imidazole rings is 1. The van der Waals surface area contributed by atoms with Gasteiger partial charge in [0.15, 0.2) is 5.69 Å². The third-order valence-electron chi connectivity index (χ3n) is 5.24. The van der Waals surface area contributed by atoms with Gasteiger partial charge in [0.1, 0.15) is 0 Å². The highest BCUT2D eigenvalue weighted by atomic mass is 16.2. The maximum absolute atomic E-state index is 13.0. The summed E-state index contributed by atoms with van der Waals surface area (Å²) in [5, 5.41) is 2.88. The molecule has 2 aromatic heterocycles. The zero-order valence-corrected chi connectivity index (χ0v) is 16.8. The van der Waals surface area contributed by atoms with Gasteiger partial charge >= 0.3 is 0 Å². The number of hydrogen-bond acceptors (Lipinski definition) is 4. The predicted molar refractivity (Wildman–Crippen MR) is 114 cm³/mol. The molecule has 2 amide bonds. The summed E-state index contributed by atoms with van der Waals surface area (Å²) < 4.78 is 1.68. The van der Waals surface area contributed by atoms with Crippen molar-refractivity contribution in [1.82, 2.24) is 14.3 Å². The second kappa shape index (κ2) is 7.95. The van der Waals surface area contributed by atoms with E-state index < -0.39 is 0 Å². The first-order valence-corrected chi connectivity index (χ1v) is 9.90. The summed E-state index contributed by atoms with van der Waals surface area (Å²) in [5.74, 6) is -0.248. The molecule has 3 aromatic rings. The third-order valence-corrected chi connectivity index (χ3v) is 5.24. The minimum Gasteiger partial charge on any atom is -0.378 e. The number of amides is 2. The molecule has 7 nitrogen and oxygen atoms in total. The second-order valence-electron chi connectivity index (χ2n) is 7.49. The molecular weight excluding hydrogens is 366 g/mol. The van der Waals surface area contributed by atoms with Gasteiger partial charge in [-0.1, -0.05) is 6.07 Å². The highest BCUT2D eigenvalue weighted by molar-refractivity contribution is 6.06. The molecule has 1 aliphatic heterocycles. The molecule has 0 spiro atoms. The topological polar surface area (TPSA) is 70.0 Å². The molecule has 1 N–H and O–H groups in total. The van der Waals surface area contributed by atoms with Crippen LogP contribution >= 0.6 is 0 Å². The molecule has 0 saturated carbocycles. The molecule has 0 aliphatic carbocycles. The highest BCUT2D eigenvalue weighted by Gasteiger charge is 2.26. The molecule has 0 atom stereocenters. The number of likely N-dealkylation sites (tertiary alicyclic amines) is 1. The van der Waals surface area contributed by atoms with E-state index in [-0.39, 0.29) is 17.6 Å². The molecule has 0 radical (unpaired) electrons. The summed E-state index contributed by atoms with van der Waals surface area (Å²) in [6.07, 6.45) is 4.93. The van der Waals surface area contributed by atoms with Gasteiger partial charge in [-0.05, 0) is 55.7 Å². The van der Waals surface area contributed by atoms with Crippen LogP contribution in [0.15, 0.2) is 48.7 Å². The number of pyridine rings is 1. The standard InChI is InChI=1S/C22H25N5O2/c1-25(2)17-11-9-16(10-12-17)23-21(28)20-24-19(18-8-4-7-15-27(18)20)22(29)26-13-5-3-6-14-26/h4,7-12,15H,3,5-6,13-14H2,1-2H3,(H,23,28). The van der Waals surface area contributed by atoms with Crippen LogP contribution in [0, 0.1) is 0 Å². The molecule has 0 unspecified atom stereocenters. The van der Waals surface area contributed by atoms with E-state index in [0.29, 0.717) is 16.9 Å². The molecule has 1 fully saturated rings. The summed E-state index contributed by atoms with van der Waals surface area (Å²) >= 11 is 0. The minimum absolute atomic E-state index is 0.109. The van der Waals surface area contributed by atoms with Crippen LogP contribution < -0.4 is 10.2 Å². The van der Waals surface area contributed by atoms with Gasteiger partial charge in [-0.25, -0.2) is 4.98 Å². The summed E-state index contributed by atoms with van der Waals surface area (Å²) in [6, 6.07) is 13.1. The van der Waals surface area contributed by atoms with Crippen molar-refractivity contribution >= 4 is 28.7 Å². The molecule has 3 heterocycles. The molecule has 1 aromatic carbocycles. The number of fused-ring (bicyclic) bond motifs is 1. The van der Waals surface area contributed by atoms with E-state index in [1.165, 1.54) is 0 Å². The summed E-state index contributed by atoms with van der Waals surface area (Å²) in [6.45, 7) is 1.48. The maximum Gasteiger partial charge on any atom is 0.292 e. The van der Waals surface area contributed by atoms with Gasteiger partial charge in [-0.3, -0.25) is 14.0 Å². The first-order valence-electron chi connectivity index (χ1n) is 9.90. The normalized spacial score (nSPS) is 14.1. The zero-order valence-electron chi connectivity index (χ0n) is 16.8. The largest absolute Gasteiger partial charge is 0.378 e. The van der Waals surface area contributed by atoms with Crippen molar-refractivity contribution in [3.8, 4) is 0 Å². The number of nitrogens with one attached hydrogen (secondary N) is 1. The number of rotatable bonds is 4. The molecular formula is C22H25N5O2. The Kier molecular flexibility index (Phi) is 5.20. The molecule has 150 valence electrons. The Morgan fingerprint density at radius 1 is 1.00 bits per heavy atom. The average molecular weight is 391 g/mol. The molecule has 1 aliphatic rings. The van der Waals surface area contributed by atoms with E-state index in [4.69, 9.17) is 0 Å². The summed E-state index contributed by atoms with van der Waals surface area (Å²) in [5.41, 5.74) is 2.71. The number of anilines is 2. The van der Waals surface area contributed by atoms with Crippen LogP contribution in [0.3, 0.4) is 0 Å². The van der Waals surface area contributed by atoms with Crippen LogP contribution in [-0.2, 0) is 0 Å². The fourth-order valence-electron chi connectivity index (χ4n) is 3.63. The van der Waals surface area contributed by atoms with Crippen LogP contribution in [0.1, 0.15) is 40.4 Å². The van der Waals surface area contributed by atoms with Gasteiger partial charge in [0.05, 0.1) is 5.52 Å². The van der Waals surface area contributed by atoms with Crippen LogP contribution in [0.5, 0.6) is 0 Å².